The van der Waals surface area contributed by atoms with E-state index in [1.54, 1.807) is 0 Å². The Balaban J connectivity index is 1.92. The van der Waals surface area contributed by atoms with Gasteiger partial charge < -0.3 is 9.47 Å². The van der Waals surface area contributed by atoms with Gasteiger partial charge in [0.15, 0.2) is 11.5 Å². The van der Waals surface area contributed by atoms with Crippen LogP contribution in [0.1, 0.15) is 0 Å². The molecule has 0 aliphatic rings. The molecule has 0 spiro atoms. The Morgan fingerprint density at radius 2 is 1.14 bits per heavy atom. The molecule has 3 aromatic rings. The molecule has 104 valence electrons. The summed E-state index contributed by atoms with van der Waals surface area (Å²) in [5.74, 6) is 3.18. The molecule has 21 heavy (non-hydrogen) atoms. The van der Waals surface area contributed by atoms with Crippen LogP contribution < -0.4 is 14.7 Å². The van der Waals surface area contributed by atoms with Crippen LogP contribution in [0.25, 0.3) is 0 Å². The van der Waals surface area contributed by atoms with Crippen molar-refractivity contribution in [3.63, 3.8) is 0 Å². The molecule has 3 rings (SSSR count). The van der Waals surface area contributed by atoms with Crippen LogP contribution in [0.2, 0.25) is 0 Å². The van der Waals surface area contributed by atoms with E-state index in [1.165, 1.54) is 5.19 Å². The summed E-state index contributed by atoms with van der Waals surface area (Å²) in [7, 11) is 0.897. The highest BCUT2D eigenvalue weighted by Gasteiger charge is 2.10. The van der Waals surface area contributed by atoms with E-state index in [0.717, 1.165) is 33.2 Å². The summed E-state index contributed by atoms with van der Waals surface area (Å²) in [5.41, 5.74) is 0. The monoisotopic (exact) mass is 292 g/mol. The summed E-state index contributed by atoms with van der Waals surface area (Å²) >= 11 is 0. The number of hydrogen-bond donors (Lipinski definition) is 0. The van der Waals surface area contributed by atoms with Crippen molar-refractivity contribution < 1.29 is 9.47 Å². The number of benzene rings is 3. The van der Waals surface area contributed by atoms with Crippen LogP contribution in [-0.4, -0.2) is 10.2 Å². The highest BCUT2D eigenvalue weighted by Crippen LogP contribution is 2.32. The number of para-hydroxylation sites is 3. The Morgan fingerprint density at radius 3 is 1.76 bits per heavy atom. The second kappa shape index (κ2) is 6.28. The zero-order chi connectivity index (χ0) is 14.5. The third-order valence-electron chi connectivity index (χ3n) is 3.11. The lowest BCUT2D eigenvalue weighted by Gasteiger charge is -2.14. The quantitative estimate of drug-likeness (QED) is 0.687. The van der Waals surface area contributed by atoms with E-state index in [9.17, 15) is 0 Å². The van der Waals surface area contributed by atoms with Crippen molar-refractivity contribution in [2.75, 3.05) is 0 Å². The fourth-order valence-corrected chi connectivity index (χ4v) is 2.60. The zero-order valence-corrected chi connectivity index (χ0v) is 13.8. The fourth-order valence-electron chi connectivity index (χ4n) is 2.06. The Morgan fingerprint density at radius 1 is 0.571 bits per heavy atom. The van der Waals surface area contributed by atoms with Gasteiger partial charge in [0.2, 0.25) is 0 Å². The lowest BCUT2D eigenvalue weighted by Crippen LogP contribution is -2.07. The molecule has 0 bridgehead atoms. The van der Waals surface area contributed by atoms with Crippen LogP contribution in [-0.2, 0) is 0 Å². The summed E-state index contributed by atoms with van der Waals surface area (Å²) in [6, 6.07) is 25.5. The summed E-state index contributed by atoms with van der Waals surface area (Å²) in [6.07, 6.45) is 0. The number of hydrogen-bond acceptors (Lipinski definition) is 2. The van der Waals surface area contributed by atoms with Gasteiger partial charge >= 0.3 is 0 Å². The average molecular weight is 292 g/mol. The minimum atomic E-state index is 0.748. The molecular formula is C18H16O2Si. The Bertz CT molecular complexity index is 712. The van der Waals surface area contributed by atoms with Crippen LogP contribution in [0.4, 0.5) is 0 Å². The first-order chi connectivity index (χ1) is 10.3. The molecule has 3 heteroatoms. The second-order valence-corrected chi connectivity index (χ2v) is 5.81. The summed E-state index contributed by atoms with van der Waals surface area (Å²) in [5, 5.41) is 1.17. The van der Waals surface area contributed by atoms with E-state index in [-0.39, 0.29) is 0 Å². The lowest BCUT2D eigenvalue weighted by atomic mass is 10.3. The van der Waals surface area contributed by atoms with E-state index in [2.05, 4.69) is 6.07 Å². The average Bonchev–Trinajstić information content (AvgIpc) is 2.53. The third-order valence-corrected chi connectivity index (χ3v) is 3.90. The highest BCUT2D eigenvalue weighted by atomic mass is 28.1. The minimum absolute atomic E-state index is 0.748. The van der Waals surface area contributed by atoms with Crippen molar-refractivity contribution >= 4 is 15.4 Å². The van der Waals surface area contributed by atoms with Gasteiger partial charge in [0.05, 0.1) is 0 Å². The topological polar surface area (TPSA) is 18.5 Å². The van der Waals surface area contributed by atoms with Gasteiger partial charge in [-0.1, -0.05) is 48.5 Å². The first-order valence-electron chi connectivity index (χ1n) is 6.88. The van der Waals surface area contributed by atoms with Gasteiger partial charge in [-0.3, -0.25) is 0 Å². The Kier molecular flexibility index (Phi) is 4.03. The highest BCUT2D eigenvalue weighted by molar-refractivity contribution is 6.34. The first kappa shape index (κ1) is 13.5. The molecular weight excluding hydrogens is 276 g/mol. The van der Waals surface area contributed by atoms with E-state index in [1.807, 2.05) is 72.8 Å². The van der Waals surface area contributed by atoms with Crippen molar-refractivity contribution in [3.05, 3.63) is 78.9 Å². The third kappa shape index (κ3) is 3.33. The van der Waals surface area contributed by atoms with Crippen LogP contribution in [0.5, 0.6) is 23.0 Å². The molecule has 0 unspecified atom stereocenters. The molecule has 3 aromatic carbocycles. The van der Waals surface area contributed by atoms with Gasteiger partial charge in [0.25, 0.3) is 0 Å². The molecule has 0 aliphatic carbocycles. The molecule has 0 saturated carbocycles. The van der Waals surface area contributed by atoms with Gasteiger partial charge in [-0.05, 0) is 35.5 Å². The van der Waals surface area contributed by atoms with E-state index in [0.29, 0.717) is 0 Å². The molecule has 0 saturated heterocycles. The van der Waals surface area contributed by atoms with E-state index < -0.39 is 0 Å². The summed E-state index contributed by atoms with van der Waals surface area (Å²) in [4.78, 5) is 0. The molecule has 0 aromatic heterocycles. The number of rotatable bonds is 4. The van der Waals surface area contributed by atoms with Crippen molar-refractivity contribution in [2.24, 2.45) is 0 Å². The molecule has 0 amide bonds. The standard InChI is InChI=1S/C18H16O2Si/c21-17-13-7-12-16(19-14-8-3-1-4-9-14)18(17)20-15-10-5-2-6-11-15/h1-13H,21H3. The maximum Gasteiger partial charge on any atom is 0.169 e. The van der Waals surface area contributed by atoms with Crippen LogP contribution in [0.3, 0.4) is 0 Å². The van der Waals surface area contributed by atoms with Gasteiger partial charge in [0, 0.05) is 10.2 Å². The van der Waals surface area contributed by atoms with Crippen molar-refractivity contribution in [1.29, 1.82) is 0 Å². The van der Waals surface area contributed by atoms with Crippen molar-refractivity contribution in [2.45, 2.75) is 0 Å². The Labute approximate surface area is 127 Å². The smallest absolute Gasteiger partial charge is 0.169 e. The first-order valence-corrected chi connectivity index (χ1v) is 7.88. The van der Waals surface area contributed by atoms with Crippen molar-refractivity contribution in [3.8, 4) is 23.0 Å². The minimum Gasteiger partial charge on any atom is -0.454 e. The maximum absolute atomic E-state index is 6.02. The molecule has 0 radical (unpaired) electrons. The Hall–Kier alpha value is -2.52. The van der Waals surface area contributed by atoms with Gasteiger partial charge in [-0.25, -0.2) is 0 Å². The predicted octanol–water partition coefficient (Wildman–Crippen LogP) is 3.26. The van der Waals surface area contributed by atoms with E-state index in [4.69, 9.17) is 9.47 Å². The summed E-state index contributed by atoms with van der Waals surface area (Å²) in [6.45, 7) is 0. The van der Waals surface area contributed by atoms with Gasteiger partial charge in [-0.15, -0.1) is 0 Å². The predicted molar refractivity (Wildman–Crippen MR) is 89.0 cm³/mol. The van der Waals surface area contributed by atoms with Crippen molar-refractivity contribution in [1.82, 2.24) is 0 Å². The normalized spacial score (nSPS) is 10.3. The molecule has 0 aliphatic heterocycles. The molecule has 0 atom stereocenters. The maximum atomic E-state index is 6.02. The number of ether oxygens (including phenoxy) is 2. The second-order valence-electron chi connectivity index (χ2n) is 4.73. The lowest BCUT2D eigenvalue weighted by molar-refractivity contribution is 0.421. The van der Waals surface area contributed by atoms with E-state index >= 15 is 0 Å². The van der Waals surface area contributed by atoms with Crippen LogP contribution >= 0.6 is 0 Å². The zero-order valence-electron chi connectivity index (χ0n) is 11.8. The molecule has 0 heterocycles. The van der Waals surface area contributed by atoms with Crippen LogP contribution in [0, 0.1) is 0 Å². The molecule has 2 nitrogen and oxygen atoms in total. The van der Waals surface area contributed by atoms with Gasteiger partial charge in [0.1, 0.15) is 11.5 Å². The SMILES string of the molecule is [SiH3]c1cccc(Oc2ccccc2)c1Oc1ccccc1. The van der Waals surface area contributed by atoms with Gasteiger partial charge in [-0.2, -0.15) is 0 Å². The molecule has 0 fully saturated rings. The van der Waals surface area contributed by atoms with Crippen LogP contribution in [0.15, 0.2) is 78.9 Å². The molecule has 0 N–H and O–H groups in total. The summed E-state index contributed by atoms with van der Waals surface area (Å²) < 4.78 is 12.0. The largest absolute Gasteiger partial charge is 0.454 e. The fraction of sp³-hybridized carbons (Fsp3) is 0.